The van der Waals surface area contributed by atoms with Crippen LogP contribution in [0.4, 0.5) is 0 Å². The largest absolute Gasteiger partial charge is 0.472 e. The second kappa shape index (κ2) is 72.8. The number of allylic oxidation sites excluding steroid dienone is 20. The summed E-state index contributed by atoms with van der Waals surface area (Å²) < 4.78 is 68.5. The number of aliphatic hydroxyl groups is 1. The van der Waals surface area contributed by atoms with E-state index in [-0.39, 0.29) is 25.7 Å². The van der Waals surface area contributed by atoms with Crippen molar-refractivity contribution in [3.05, 3.63) is 122 Å². The van der Waals surface area contributed by atoms with Crippen LogP contribution in [-0.2, 0) is 65.4 Å². The van der Waals surface area contributed by atoms with Crippen molar-refractivity contribution < 1.29 is 80.2 Å². The van der Waals surface area contributed by atoms with E-state index in [0.29, 0.717) is 25.7 Å². The van der Waals surface area contributed by atoms with E-state index >= 15 is 0 Å². The minimum absolute atomic E-state index is 0.0708. The van der Waals surface area contributed by atoms with E-state index in [1.807, 2.05) is 0 Å². The fraction of sp³-hybridized carbons (Fsp3) is 0.704. The number of rotatable bonds is 72. The normalized spacial score (nSPS) is 14.6. The van der Waals surface area contributed by atoms with Gasteiger partial charge in [-0.1, -0.05) is 278 Å². The molecule has 19 heteroatoms. The van der Waals surface area contributed by atoms with Gasteiger partial charge in [0.05, 0.1) is 26.4 Å². The average molecular weight is 1450 g/mol. The molecule has 574 valence electrons. The highest BCUT2D eigenvalue weighted by Gasteiger charge is 2.30. The minimum Gasteiger partial charge on any atom is -0.462 e. The Morgan fingerprint density at radius 1 is 0.290 bits per heavy atom. The van der Waals surface area contributed by atoms with Crippen molar-refractivity contribution in [1.82, 2.24) is 0 Å². The molecule has 0 spiro atoms. The van der Waals surface area contributed by atoms with Gasteiger partial charge < -0.3 is 33.8 Å². The van der Waals surface area contributed by atoms with Crippen LogP contribution < -0.4 is 0 Å². The van der Waals surface area contributed by atoms with Crippen molar-refractivity contribution in [1.29, 1.82) is 0 Å². The van der Waals surface area contributed by atoms with E-state index in [4.69, 9.17) is 37.0 Å². The molecule has 0 radical (unpaired) electrons. The van der Waals surface area contributed by atoms with Crippen LogP contribution >= 0.6 is 15.6 Å². The molecular weight excluding hydrogens is 1310 g/mol. The number of carbonyl (C=O) groups is 4. The molecule has 3 N–H and O–H groups in total. The number of hydrogen-bond acceptors (Lipinski definition) is 15. The third-order valence-corrected chi connectivity index (χ3v) is 17.8. The Bertz CT molecular complexity index is 2370. The van der Waals surface area contributed by atoms with E-state index in [1.54, 1.807) is 0 Å². The number of hydrogen-bond donors (Lipinski definition) is 3. The average Bonchev–Trinajstić information content (AvgIpc) is 0.943. The summed E-state index contributed by atoms with van der Waals surface area (Å²) in [5, 5.41) is 10.6. The standard InChI is InChI=1S/C81H138O17P2/c1-5-9-13-17-21-25-29-33-35-37-39-43-45-49-53-57-61-65-78(83)91-71-76(97-80(85)67-63-59-55-51-47-41-31-27-23-19-15-11-7-3)73-95-99(87,88)93-69-75(82)70-94-100(89,90)96-74-77(98-81(86)68-64-60-56-52-48-42-32-28-24-20-16-12-8-4)72-92-79(84)66-62-58-54-50-46-44-40-38-36-34-30-26-22-18-14-10-6-2/h9-10,13-15,19,21-22,25-27,31,33-36,39-40,43-44,75-77,82H,5-8,11-12,16-18,20,23-24,28-30,32,37-38,41-42,45-74H2,1-4H3,(H,87,88)(H,89,90)/b13-9-,14-10-,19-15-,25-21-,26-22-,31-27-,35-33-,36-34-,43-39-,44-40-. The van der Waals surface area contributed by atoms with Crippen LogP contribution in [0.5, 0.6) is 0 Å². The van der Waals surface area contributed by atoms with Crippen molar-refractivity contribution >= 4 is 39.5 Å². The quantitative estimate of drug-likeness (QED) is 0.0169. The van der Waals surface area contributed by atoms with E-state index in [1.165, 1.54) is 51.4 Å². The second-order valence-corrected chi connectivity index (χ2v) is 28.4. The maximum Gasteiger partial charge on any atom is 0.472 e. The summed E-state index contributed by atoms with van der Waals surface area (Å²) in [7, 11) is -9.97. The van der Waals surface area contributed by atoms with E-state index < -0.39 is 97.5 Å². The Balaban J connectivity index is 5.38. The Morgan fingerprint density at radius 3 is 0.840 bits per heavy atom. The summed E-state index contributed by atoms with van der Waals surface area (Å²) in [6, 6.07) is 0. The molecule has 0 aromatic rings. The molecular formula is C81H138O17P2. The lowest BCUT2D eigenvalue weighted by Crippen LogP contribution is -2.30. The number of aliphatic hydroxyl groups excluding tert-OH is 1. The van der Waals surface area contributed by atoms with Gasteiger partial charge in [-0.15, -0.1) is 0 Å². The van der Waals surface area contributed by atoms with E-state index in [2.05, 4.69) is 149 Å². The Labute approximate surface area is 606 Å². The molecule has 0 saturated carbocycles. The molecule has 0 rings (SSSR count). The van der Waals surface area contributed by atoms with Gasteiger partial charge in [-0.2, -0.15) is 0 Å². The molecule has 0 heterocycles. The molecule has 0 aromatic heterocycles. The van der Waals surface area contributed by atoms with Crippen molar-refractivity contribution in [2.75, 3.05) is 39.6 Å². The first kappa shape index (κ1) is 95.5. The molecule has 17 nitrogen and oxygen atoms in total. The lowest BCUT2D eigenvalue weighted by atomic mass is 10.0. The van der Waals surface area contributed by atoms with E-state index in [0.717, 1.165) is 180 Å². The van der Waals surface area contributed by atoms with E-state index in [9.17, 15) is 43.2 Å². The highest BCUT2D eigenvalue weighted by Crippen LogP contribution is 2.45. The number of phosphoric acid groups is 2. The Hall–Kier alpha value is -4.54. The monoisotopic (exact) mass is 1440 g/mol. The predicted octanol–water partition coefficient (Wildman–Crippen LogP) is 22.3. The highest BCUT2D eigenvalue weighted by atomic mass is 31.2. The fourth-order valence-electron chi connectivity index (χ4n) is 10.1. The molecule has 0 saturated heterocycles. The summed E-state index contributed by atoms with van der Waals surface area (Å²) in [5.74, 6) is -2.24. The van der Waals surface area contributed by atoms with Crippen molar-refractivity contribution in [3.63, 3.8) is 0 Å². The van der Waals surface area contributed by atoms with Crippen molar-refractivity contribution in [2.24, 2.45) is 0 Å². The van der Waals surface area contributed by atoms with Gasteiger partial charge in [0, 0.05) is 25.7 Å². The first-order chi connectivity index (χ1) is 48.7. The van der Waals surface area contributed by atoms with Crippen molar-refractivity contribution in [2.45, 2.75) is 329 Å². The van der Waals surface area contributed by atoms with Crippen LogP contribution in [0, 0.1) is 0 Å². The molecule has 0 aliphatic rings. The Morgan fingerprint density at radius 2 is 0.540 bits per heavy atom. The second-order valence-electron chi connectivity index (χ2n) is 25.5. The topological polar surface area (TPSA) is 237 Å². The number of ether oxygens (including phenoxy) is 4. The lowest BCUT2D eigenvalue weighted by Gasteiger charge is -2.21. The number of phosphoric ester groups is 2. The maximum absolute atomic E-state index is 13.1. The van der Waals surface area contributed by atoms with Gasteiger partial charge in [-0.05, 0) is 128 Å². The SMILES string of the molecule is CC/C=C\C/C=C\C/C=C\C/C=C\CCCCCCC(=O)OCC(COP(=O)(O)OCC(O)COP(=O)(O)OCC(COC(=O)CCCCCC/C=C\C/C=C\C/C=C\C/C=C\CC)OC(=O)CCCCCCCCCCCCCCC)OC(=O)CCCCCCC/C=C\C/C=C\CCC. The highest BCUT2D eigenvalue weighted by molar-refractivity contribution is 7.47. The van der Waals surface area contributed by atoms with Gasteiger partial charge >= 0.3 is 39.5 Å². The Kier molecular flexibility index (Phi) is 69.5. The number of unbranched alkanes of at least 4 members (excludes halogenated alkanes) is 26. The number of esters is 4. The van der Waals surface area contributed by atoms with Gasteiger partial charge in [0.1, 0.15) is 19.3 Å². The summed E-state index contributed by atoms with van der Waals surface area (Å²) in [6.45, 7) is 4.52. The molecule has 0 aromatic carbocycles. The molecule has 100 heavy (non-hydrogen) atoms. The zero-order valence-electron chi connectivity index (χ0n) is 62.6. The van der Waals surface area contributed by atoms with Gasteiger partial charge in [0.2, 0.25) is 0 Å². The van der Waals surface area contributed by atoms with Crippen molar-refractivity contribution in [3.8, 4) is 0 Å². The molecule has 0 amide bonds. The van der Waals surface area contributed by atoms with Gasteiger partial charge in [-0.3, -0.25) is 37.3 Å². The fourth-order valence-corrected chi connectivity index (χ4v) is 11.6. The zero-order valence-corrected chi connectivity index (χ0v) is 64.4. The van der Waals surface area contributed by atoms with Gasteiger partial charge in [0.25, 0.3) is 0 Å². The first-order valence-electron chi connectivity index (χ1n) is 38.8. The van der Waals surface area contributed by atoms with Crippen LogP contribution in [-0.4, -0.2) is 96.7 Å². The summed E-state index contributed by atoms with van der Waals surface area (Å²) in [6.07, 6.45) is 79.0. The van der Waals surface area contributed by atoms with Crippen LogP contribution in [0.3, 0.4) is 0 Å². The number of carbonyl (C=O) groups excluding carboxylic acids is 4. The third kappa shape index (κ3) is 71.8. The molecule has 0 fully saturated rings. The lowest BCUT2D eigenvalue weighted by molar-refractivity contribution is -0.161. The maximum atomic E-state index is 13.1. The van der Waals surface area contributed by atoms with Gasteiger partial charge in [-0.25, -0.2) is 9.13 Å². The molecule has 0 aliphatic heterocycles. The predicted molar refractivity (Wildman–Crippen MR) is 408 cm³/mol. The van der Waals surface area contributed by atoms with Crippen LogP contribution in [0.25, 0.3) is 0 Å². The summed E-state index contributed by atoms with van der Waals surface area (Å²) in [4.78, 5) is 72.9. The zero-order chi connectivity index (χ0) is 73.2. The summed E-state index contributed by atoms with van der Waals surface area (Å²) >= 11 is 0. The van der Waals surface area contributed by atoms with Crippen LogP contribution in [0.2, 0.25) is 0 Å². The third-order valence-electron chi connectivity index (χ3n) is 15.9. The molecule has 0 aliphatic carbocycles. The molecule has 5 atom stereocenters. The molecule has 5 unspecified atom stereocenters. The molecule has 0 bridgehead atoms. The van der Waals surface area contributed by atoms with Gasteiger partial charge in [0.15, 0.2) is 12.2 Å². The first-order valence-corrected chi connectivity index (χ1v) is 41.8. The minimum atomic E-state index is -4.99. The summed E-state index contributed by atoms with van der Waals surface area (Å²) in [5.41, 5.74) is 0. The van der Waals surface area contributed by atoms with Crippen LogP contribution in [0.1, 0.15) is 310 Å². The van der Waals surface area contributed by atoms with Crippen LogP contribution in [0.15, 0.2) is 122 Å². The smallest absolute Gasteiger partial charge is 0.462 e.